The van der Waals surface area contributed by atoms with E-state index >= 15 is 0 Å². The predicted molar refractivity (Wildman–Crippen MR) is 132 cm³/mol. The van der Waals surface area contributed by atoms with Crippen LogP contribution >= 0.6 is 7.82 Å². The van der Waals surface area contributed by atoms with Crippen LogP contribution in [0.3, 0.4) is 0 Å². The zero-order valence-electron chi connectivity index (χ0n) is 21.3. The Labute approximate surface area is 204 Å². The van der Waals surface area contributed by atoms with Crippen LogP contribution in [0.4, 0.5) is 0 Å². The van der Waals surface area contributed by atoms with Crippen LogP contribution in [-0.4, -0.2) is 74.9 Å². The lowest BCUT2D eigenvalue weighted by Crippen LogP contribution is -2.37. The van der Waals surface area contributed by atoms with Gasteiger partial charge in [-0.1, -0.05) is 56.2 Å². The van der Waals surface area contributed by atoms with E-state index in [1.165, 1.54) is 0 Å². The summed E-state index contributed by atoms with van der Waals surface area (Å²) >= 11 is 0. The number of hydrogen-bond acceptors (Lipinski definition) is 7. The van der Waals surface area contributed by atoms with Gasteiger partial charge in [0.1, 0.15) is 19.8 Å². The molecule has 0 rings (SSSR count). The maximum atomic E-state index is 12.2. The zero-order chi connectivity index (χ0) is 25.9. The Morgan fingerprint density at radius 2 is 1.65 bits per heavy atom. The molecule has 0 saturated heterocycles. The molecular weight excluding hydrogens is 461 g/mol. The molecule has 0 radical (unpaired) electrons. The summed E-state index contributed by atoms with van der Waals surface area (Å²) in [6.07, 6.45) is 13.7. The second kappa shape index (κ2) is 18.5. The number of carbonyl (C=O) groups is 2. The summed E-state index contributed by atoms with van der Waals surface area (Å²) in [7, 11) is 1.40. The van der Waals surface area contributed by atoms with Gasteiger partial charge in [-0.05, 0) is 19.8 Å². The van der Waals surface area contributed by atoms with Crippen molar-refractivity contribution in [1.82, 2.24) is 0 Å². The van der Waals surface area contributed by atoms with Gasteiger partial charge in [0, 0.05) is 0 Å². The Hall–Kier alpha value is -1.77. The van der Waals surface area contributed by atoms with E-state index in [0.717, 1.165) is 19.3 Å². The Morgan fingerprint density at radius 3 is 2.29 bits per heavy atom. The third-order valence-electron chi connectivity index (χ3n) is 4.30. The van der Waals surface area contributed by atoms with E-state index in [0.29, 0.717) is 17.4 Å². The fourth-order valence-electron chi connectivity index (χ4n) is 2.35. The van der Waals surface area contributed by atoms with Crippen LogP contribution in [0.25, 0.3) is 0 Å². The first-order chi connectivity index (χ1) is 16.0. The van der Waals surface area contributed by atoms with Crippen molar-refractivity contribution in [1.29, 1.82) is 0 Å². The van der Waals surface area contributed by atoms with Crippen LogP contribution in [-0.2, 0) is 32.7 Å². The smallest absolute Gasteiger partial charge is 0.461 e. The second-order valence-corrected chi connectivity index (χ2v) is 10.2. The van der Waals surface area contributed by atoms with Gasteiger partial charge in [-0.15, -0.1) is 0 Å². The van der Waals surface area contributed by atoms with Crippen molar-refractivity contribution in [3.05, 3.63) is 36.5 Å². The minimum absolute atomic E-state index is 0.0127. The van der Waals surface area contributed by atoms with Gasteiger partial charge in [0.25, 0.3) is 0 Å². The minimum atomic E-state index is -4.36. The van der Waals surface area contributed by atoms with E-state index in [1.807, 2.05) is 52.4 Å². The second-order valence-electron chi connectivity index (χ2n) is 8.70. The van der Waals surface area contributed by atoms with Crippen molar-refractivity contribution in [2.24, 2.45) is 0 Å². The van der Waals surface area contributed by atoms with Gasteiger partial charge in [-0.3, -0.25) is 18.6 Å². The molecule has 1 N–H and O–H groups in total. The van der Waals surface area contributed by atoms with Gasteiger partial charge in [0.15, 0.2) is 6.10 Å². The molecule has 10 heteroatoms. The summed E-state index contributed by atoms with van der Waals surface area (Å²) in [6, 6.07) is 0. The topological polar surface area (TPSA) is 108 Å². The lowest BCUT2D eigenvalue weighted by molar-refractivity contribution is -0.870. The van der Waals surface area contributed by atoms with Crippen LogP contribution in [0.1, 0.15) is 52.4 Å². The van der Waals surface area contributed by atoms with Gasteiger partial charge in [0.05, 0.1) is 40.6 Å². The first-order valence-corrected chi connectivity index (χ1v) is 13.2. The fourth-order valence-corrected chi connectivity index (χ4v) is 3.09. The van der Waals surface area contributed by atoms with E-state index in [4.69, 9.17) is 18.5 Å². The summed E-state index contributed by atoms with van der Waals surface area (Å²) < 4.78 is 33.1. The molecule has 0 aromatic heterocycles. The van der Waals surface area contributed by atoms with Gasteiger partial charge in [-0.25, -0.2) is 4.57 Å². The summed E-state index contributed by atoms with van der Waals surface area (Å²) in [5.74, 6) is -1.06. The van der Waals surface area contributed by atoms with Crippen LogP contribution in [0.15, 0.2) is 36.5 Å². The van der Waals surface area contributed by atoms with Crippen LogP contribution < -0.4 is 0 Å². The number of phosphoric acid groups is 1. The number of esters is 2. The quantitative estimate of drug-likeness (QED) is 0.0910. The first-order valence-electron chi connectivity index (χ1n) is 11.7. The summed E-state index contributed by atoms with van der Waals surface area (Å²) in [4.78, 5) is 34.0. The number of phosphoric ester groups is 1. The summed E-state index contributed by atoms with van der Waals surface area (Å²) in [6.45, 7) is 3.75. The van der Waals surface area contributed by atoms with Gasteiger partial charge in [-0.2, -0.15) is 0 Å². The highest BCUT2D eigenvalue weighted by molar-refractivity contribution is 7.47. The molecule has 0 fully saturated rings. The Balaban J connectivity index is 4.80. The normalized spacial score (nSPS) is 15.1. The highest BCUT2D eigenvalue weighted by atomic mass is 31.2. The maximum absolute atomic E-state index is 12.2. The third-order valence-corrected chi connectivity index (χ3v) is 5.29. The molecule has 1 unspecified atom stereocenters. The number of likely N-dealkylation sites (N-methyl/N-ethyl adjacent to an activating group) is 1. The molecule has 0 amide bonds. The molecule has 2 atom stereocenters. The third kappa shape index (κ3) is 20.8. The molecule has 0 bridgehead atoms. The van der Waals surface area contributed by atoms with Gasteiger partial charge in [0.2, 0.25) is 0 Å². The number of nitrogens with zero attached hydrogens (tertiary/aromatic N) is 1. The predicted octanol–water partition coefficient (Wildman–Crippen LogP) is 4.33. The number of allylic oxidation sites excluding steroid dienone is 4. The Morgan fingerprint density at radius 1 is 0.971 bits per heavy atom. The van der Waals surface area contributed by atoms with Crippen molar-refractivity contribution in [3.8, 4) is 0 Å². The van der Waals surface area contributed by atoms with Crippen molar-refractivity contribution in [3.63, 3.8) is 0 Å². The van der Waals surface area contributed by atoms with Crippen molar-refractivity contribution >= 4 is 19.8 Å². The largest absolute Gasteiger partial charge is 0.472 e. The van der Waals surface area contributed by atoms with Gasteiger partial charge >= 0.3 is 19.8 Å². The minimum Gasteiger partial charge on any atom is -0.461 e. The fraction of sp³-hybridized carbons (Fsp3) is 0.667. The molecule has 0 aromatic carbocycles. The number of quaternary nitrogens is 1. The SMILES string of the molecule is CC=CCC=CCC(=O)OC[C@H](COP(=O)(O)OCC[N+](C)(C)C)OC(=O)CC=CCCCC. The molecule has 0 heterocycles. The van der Waals surface area contributed by atoms with Crippen LogP contribution in [0, 0.1) is 0 Å². The monoisotopic (exact) mass is 504 g/mol. The standard InChI is InChI=1S/C24H42NO8P/c1-6-8-10-12-14-16-23(26)30-20-22(33-24(27)17-15-13-11-9-7-2)21-32-34(28,29)31-19-18-25(3,4)5/h6,8,12-15,22H,7,9-11,16-21H2,1-5H3/p+1/t22-/m1/s1. The van der Waals surface area contributed by atoms with E-state index in [2.05, 4.69) is 6.92 Å². The highest BCUT2D eigenvalue weighted by Crippen LogP contribution is 2.43. The number of unbranched alkanes of at least 4 members (excludes halogenated alkanes) is 2. The molecule has 0 aliphatic rings. The lowest BCUT2D eigenvalue weighted by atomic mass is 10.2. The van der Waals surface area contributed by atoms with Gasteiger partial charge < -0.3 is 18.9 Å². The number of carbonyl (C=O) groups excluding carboxylic acids is 2. The van der Waals surface area contributed by atoms with Crippen LogP contribution in [0.2, 0.25) is 0 Å². The average Bonchev–Trinajstić information content (AvgIpc) is 2.74. The van der Waals surface area contributed by atoms with Crippen LogP contribution in [0.5, 0.6) is 0 Å². The number of hydrogen-bond donors (Lipinski definition) is 1. The molecule has 0 aromatic rings. The van der Waals surface area contributed by atoms with Crippen molar-refractivity contribution in [2.45, 2.75) is 58.5 Å². The summed E-state index contributed by atoms with van der Waals surface area (Å²) in [5, 5.41) is 0. The van der Waals surface area contributed by atoms with E-state index in [9.17, 15) is 19.0 Å². The Kier molecular flexibility index (Phi) is 17.6. The van der Waals surface area contributed by atoms with E-state index in [1.54, 1.807) is 12.2 Å². The van der Waals surface area contributed by atoms with Crippen molar-refractivity contribution in [2.75, 3.05) is 47.5 Å². The molecular formula is C24H43NO8P+. The molecule has 0 aliphatic carbocycles. The molecule has 196 valence electrons. The highest BCUT2D eigenvalue weighted by Gasteiger charge is 2.26. The lowest BCUT2D eigenvalue weighted by Gasteiger charge is -2.24. The van der Waals surface area contributed by atoms with E-state index < -0.39 is 32.5 Å². The maximum Gasteiger partial charge on any atom is 0.472 e. The number of ether oxygens (including phenoxy) is 2. The summed E-state index contributed by atoms with van der Waals surface area (Å²) in [5.41, 5.74) is 0. The zero-order valence-corrected chi connectivity index (χ0v) is 22.2. The van der Waals surface area contributed by atoms with Crippen molar-refractivity contribution < 1.29 is 42.1 Å². The molecule has 0 spiro atoms. The Bertz CT molecular complexity index is 712. The first kappa shape index (κ1) is 32.2. The van der Waals surface area contributed by atoms with E-state index in [-0.39, 0.29) is 26.1 Å². The molecule has 34 heavy (non-hydrogen) atoms. The molecule has 0 aliphatic heterocycles. The molecule has 9 nitrogen and oxygen atoms in total. The number of rotatable bonds is 19. The molecule has 0 saturated carbocycles. The average molecular weight is 505 g/mol.